The van der Waals surface area contributed by atoms with Crippen molar-refractivity contribution in [2.45, 2.75) is 20.3 Å². The minimum absolute atomic E-state index is 0.520. The Kier molecular flexibility index (Phi) is 4.03. The van der Waals surface area contributed by atoms with Crippen LogP contribution in [-0.2, 0) is 0 Å². The maximum atomic E-state index is 3.31. The number of rotatable bonds is 3. The maximum Gasteiger partial charge on any atom is 0.0363 e. The predicted octanol–water partition coefficient (Wildman–Crippen LogP) is 3.74. The van der Waals surface area contributed by atoms with Gasteiger partial charge in [0.2, 0.25) is 0 Å². The molecule has 1 aliphatic heterocycles. The van der Waals surface area contributed by atoms with Crippen molar-refractivity contribution in [3.63, 3.8) is 0 Å². The Labute approximate surface area is 104 Å². The van der Waals surface area contributed by atoms with Gasteiger partial charge in [0.1, 0.15) is 0 Å². The van der Waals surface area contributed by atoms with Crippen molar-refractivity contribution in [3.05, 3.63) is 59.9 Å². The van der Waals surface area contributed by atoms with Gasteiger partial charge in [0.25, 0.3) is 0 Å². The van der Waals surface area contributed by atoms with E-state index in [2.05, 4.69) is 61.7 Å². The van der Waals surface area contributed by atoms with Crippen LogP contribution < -0.4 is 5.32 Å². The van der Waals surface area contributed by atoms with E-state index in [1.54, 1.807) is 0 Å². The summed E-state index contributed by atoms with van der Waals surface area (Å²) in [7, 11) is 0. The highest BCUT2D eigenvalue weighted by molar-refractivity contribution is 5.37. The van der Waals surface area contributed by atoms with Crippen molar-refractivity contribution in [1.82, 2.24) is 5.32 Å². The van der Waals surface area contributed by atoms with E-state index in [9.17, 15) is 0 Å². The quantitative estimate of drug-likeness (QED) is 0.774. The highest BCUT2D eigenvalue weighted by Gasteiger charge is 2.21. The fourth-order valence-corrected chi connectivity index (χ4v) is 2.52. The van der Waals surface area contributed by atoms with Gasteiger partial charge in [0.15, 0.2) is 0 Å². The first-order valence-corrected chi connectivity index (χ1v) is 6.41. The van der Waals surface area contributed by atoms with Gasteiger partial charge < -0.3 is 5.32 Å². The van der Waals surface area contributed by atoms with E-state index >= 15 is 0 Å². The molecule has 0 saturated carbocycles. The highest BCUT2D eigenvalue weighted by atomic mass is 14.8. The summed E-state index contributed by atoms with van der Waals surface area (Å²) in [4.78, 5) is 0. The van der Waals surface area contributed by atoms with E-state index < -0.39 is 0 Å². The van der Waals surface area contributed by atoms with Gasteiger partial charge in [-0.25, -0.2) is 0 Å². The topological polar surface area (TPSA) is 12.0 Å². The number of hydrogen-bond donors (Lipinski definition) is 1. The van der Waals surface area contributed by atoms with E-state index in [-0.39, 0.29) is 0 Å². The van der Waals surface area contributed by atoms with E-state index in [1.165, 1.54) is 11.1 Å². The van der Waals surface area contributed by atoms with Crippen LogP contribution in [0.2, 0.25) is 0 Å². The molecule has 1 atom stereocenters. The fourth-order valence-electron chi connectivity index (χ4n) is 2.52. The summed E-state index contributed by atoms with van der Waals surface area (Å²) in [5.41, 5.74) is 2.91. The Hall–Kier alpha value is -1.50. The van der Waals surface area contributed by atoms with Crippen molar-refractivity contribution in [1.29, 1.82) is 0 Å². The lowest BCUT2D eigenvalue weighted by atomic mass is 9.80. The summed E-state index contributed by atoms with van der Waals surface area (Å²) in [6, 6.07) is 0. The molecule has 0 aromatic rings. The molecule has 17 heavy (non-hydrogen) atoms. The summed E-state index contributed by atoms with van der Waals surface area (Å²) in [6.07, 6.45) is 18.6. The minimum Gasteiger partial charge on any atom is -0.387 e. The SMILES string of the molecule is CC(C)C(C1=CC=CCC=C1)C1=CC=CNC1. The van der Waals surface area contributed by atoms with E-state index in [0.29, 0.717) is 11.8 Å². The lowest BCUT2D eigenvalue weighted by Crippen LogP contribution is -2.23. The normalized spacial score (nSPS) is 20.6. The number of hydrogen-bond acceptors (Lipinski definition) is 1. The van der Waals surface area contributed by atoms with Crippen LogP contribution in [0.3, 0.4) is 0 Å². The zero-order valence-corrected chi connectivity index (χ0v) is 10.7. The molecule has 1 nitrogen and oxygen atoms in total. The van der Waals surface area contributed by atoms with Crippen molar-refractivity contribution in [3.8, 4) is 0 Å². The first-order chi connectivity index (χ1) is 8.29. The maximum absolute atomic E-state index is 3.31. The van der Waals surface area contributed by atoms with Crippen LogP contribution in [0.15, 0.2) is 59.9 Å². The van der Waals surface area contributed by atoms with Crippen molar-refractivity contribution in [2.75, 3.05) is 6.54 Å². The molecule has 1 heterocycles. The second kappa shape index (κ2) is 5.72. The van der Waals surface area contributed by atoms with E-state index in [4.69, 9.17) is 0 Å². The van der Waals surface area contributed by atoms with Gasteiger partial charge in [0.05, 0.1) is 0 Å². The number of dihydropyridines is 1. The summed E-state index contributed by atoms with van der Waals surface area (Å²) >= 11 is 0. The van der Waals surface area contributed by atoms with Crippen LogP contribution in [0.5, 0.6) is 0 Å². The molecular formula is C16H21N. The minimum atomic E-state index is 0.520. The molecule has 0 fully saturated rings. The monoisotopic (exact) mass is 227 g/mol. The Bertz CT molecular complexity index is 405. The Balaban J connectivity index is 2.28. The van der Waals surface area contributed by atoms with E-state index in [0.717, 1.165) is 13.0 Å². The van der Waals surface area contributed by atoms with Crippen molar-refractivity contribution < 1.29 is 0 Å². The third kappa shape index (κ3) is 3.00. The van der Waals surface area contributed by atoms with Crippen LogP contribution in [0.25, 0.3) is 0 Å². The predicted molar refractivity (Wildman–Crippen MR) is 74.5 cm³/mol. The van der Waals surface area contributed by atoms with Gasteiger partial charge in [-0.1, -0.05) is 50.3 Å². The summed E-state index contributed by atoms with van der Waals surface area (Å²) in [5, 5.41) is 3.31. The molecule has 0 saturated heterocycles. The summed E-state index contributed by atoms with van der Waals surface area (Å²) in [5.74, 6) is 1.14. The average Bonchev–Trinajstić information content (AvgIpc) is 2.59. The first kappa shape index (κ1) is 12.0. The second-order valence-corrected chi connectivity index (χ2v) is 4.94. The Morgan fingerprint density at radius 3 is 2.71 bits per heavy atom. The molecular weight excluding hydrogens is 206 g/mol. The second-order valence-electron chi connectivity index (χ2n) is 4.94. The molecule has 0 aromatic heterocycles. The van der Waals surface area contributed by atoms with Crippen LogP contribution in [0.4, 0.5) is 0 Å². The molecule has 2 rings (SSSR count). The average molecular weight is 227 g/mol. The standard InChI is InChI=1S/C16H21N/c1-13(2)16(15-10-7-11-17-12-15)14-8-5-3-4-6-9-14/h3,5-11,13,16-17H,4,12H2,1-2H3. The van der Waals surface area contributed by atoms with Crippen molar-refractivity contribution >= 4 is 0 Å². The lowest BCUT2D eigenvalue weighted by Gasteiger charge is -2.26. The van der Waals surface area contributed by atoms with Gasteiger partial charge in [-0.2, -0.15) is 0 Å². The molecule has 1 unspecified atom stereocenters. The molecule has 0 spiro atoms. The van der Waals surface area contributed by atoms with Gasteiger partial charge in [-0.3, -0.25) is 0 Å². The molecule has 0 amide bonds. The summed E-state index contributed by atoms with van der Waals surface area (Å²) in [6.45, 7) is 5.56. The molecule has 2 aliphatic rings. The lowest BCUT2D eigenvalue weighted by molar-refractivity contribution is 0.498. The van der Waals surface area contributed by atoms with Gasteiger partial charge in [-0.15, -0.1) is 0 Å². The van der Waals surface area contributed by atoms with Crippen molar-refractivity contribution in [2.24, 2.45) is 11.8 Å². The molecule has 1 heteroatoms. The zero-order valence-electron chi connectivity index (χ0n) is 10.7. The molecule has 0 bridgehead atoms. The molecule has 0 aromatic carbocycles. The largest absolute Gasteiger partial charge is 0.387 e. The molecule has 90 valence electrons. The Morgan fingerprint density at radius 2 is 2.00 bits per heavy atom. The van der Waals surface area contributed by atoms with Gasteiger partial charge in [-0.05, 0) is 35.8 Å². The van der Waals surface area contributed by atoms with Gasteiger partial charge in [0, 0.05) is 12.5 Å². The number of allylic oxidation sites excluding steroid dienone is 8. The number of nitrogens with one attached hydrogen (secondary N) is 1. The molecule has 1 N–H and O–H groups in total. The zero-order chi connectivity index (χ0) is 12.1. The highest BCUT2D eigenvalue weighted by Crippen LogP contribution is 2.30. The van der Waals surface area contributed by atoms with Crippen LogP contribution in [0, 0.1) is 11.8 Å². The van der Waals surface area contributed by atoms with Crippen LogP contribution >= 0.6 is 0 Å². The van der Waals surface area contributed by atoms with E-state index in [1.807, 2.05) is 6.20 Å². The third-order valence-corrected chi connectivity index (χ3v) is 3.26. The summed E-state index contributed by atoms with van der Waals surface area (Å²) < 4.78 is 0. The van der Waals surface area contributed by atoms with Crippen LogP contribution in [0.1, 0.15) is 20.3 Å². The van der Waals surface area contributed by atoms with Gasteiger partial charge >= 0.3 is 0 Å². The smallest absolute Gasteiger partial charge is 0.0363 e. The molecule has 1 aliphatic carbocycles. The van der Waals surface area contributed by atoms with Crippen LogP contribution in [-0.4, -0.2) is 6.54 Å². The fraction of sp³-hybridized carbons (Fsp3) is 0.375. The molecule has 0 radical (unpaired) electrons. The Morgan fingerprint density at radius 1 is 1.12 bits per heavy atom. The first-order valence-electron chi connectivity index (χ1n) is 6.41. The third-order valence-electron chi connectivity index (χ3n) is 3.26.